The van der Waals surface area contributed by atoms with E-state index in [0.717, 1.165) is 11.6 Å². The van der Waals surface area contributed by atoms with Crippen LogP contribution in [-0.2, 0) is 20.6 Å². The van der Waals surface area contributed by atoms with Crippen LogP contribution in [0.25, 0.3) is 11.4 Å². The average Bonchev–Trinajstić information content (AvgIpc) is 3.14. The van der Waals surface area contributed by atoms with Crippen LogP contribution in [0, 0.1) is 12.7 Å². The van der Waals surface area contributed by atoms with E-state index in [0.29, 0.717) is 5.69 Å². The van der Waals surface area contributed by atoms with Gasteiger partial charge in [-0.15, -0.1) is 0 Å². The van der Waals surface area contributed by atoms with Crippen LogP contribution in [0.2, 0.25) is 0 Å². The number of hydrogen-bond acceptors (Lipinski definition) is 5. The Balaban J connectivity index is 1.84. The molecule has 3 aromatic rings. The molecule has 160 valence electrons. The van der Waals surface area contributed by atoms with Gasteiger partial charge < -0.3 is 14.1 Å². The van der Waals surface area contributed by atoms with E-state index in [9.17, 15) is 17.7 Å². The van der Waals surface area contributed by atoms with E-state index in [1.807, 2.05) is 13.0 Å². The van der Waals surface area contributed by atoms with E-state index in [4.69, 9.17) is 16.1 Å². The molecule has 0 saturated heterocycles. The molecule has 0 aliphatic heterocycles. The Morgan fingerprint density at radius 2 is 2.03 bits per heavy atom. The van der Waals surface area contributed by atoms with Crippen LogP contribution in [0.3, 0.4) is 0 Å². The maximum atomic E-state index is 14.7. The van der Waals surface area contributed by atoms with Crippen molar-refractivity contribution in [3.05, 3.63) is 65.3 Å². The quantitative estimate of drug-likeness (QED) is 0.314. The maximum absolute atomic E-state index is 14.7. The summed E-state index contributed by atoms with van der Waals surface area (Å²) in [7, 11) is -3.47. The highest BCUT2D eigenvalue weighted by Crippen LogP contribution is 2.50. The number of hydrogen-bond donors (Lipinski definition) is 1. The number of rotatable bonds is 8. The Bertz CT molecular complexity index is 1090. The molecule has 0 amide bonds. The molecule has 1 heterocycles. The molecule has 0 fully saturated rings. The summed E-state index contributed by atoms with van der Waals surface area (Å²) in [6, 6.07) is 11.0. The molecule has 0 aliphatic rings. The molecule has 0 radical (unpaired) electrons. The van der Waals surface area contributed by atoms with Gasteiger partial charge in [0.1, 0.15) is 5.82 Å². The summed E-state index contributed by atoms with van der Waals surface area (Å²) in [5, 5.41) is 2.43. The van der Waals surface area contributed by atoms with Crippen molar-refractivity contribution >= 4 is 24.8 Å². The lowest BCUT2D eigenvalue weighted by Crippen LogP contribution is -2.06. The van der Waals surface area contributed by atoms with Gasteiger partial charge in [-0.05, 0) is 54.8 Å². The molecule has 0 bridgehead atoms. The maximum Gasteiger partial charge on any atom is 0.400 e. The molecule has 2 aromatic carbocycles. The highest BCUT2D eigenvalue weighted by molar-refractivity contribution is 7.59. The van der Waals surface area contributed by atoms with Gasteiger partial charge in [0.05, 0.1) is 12.8 Å². The standard InChI is InChI=1S/C19H18ClF3N3O3P/c1-3-28-30(27,26-15-6-4-5-12(2)9-15)11-14-8-7-13(10-16(14)21)17-24-18(29-25-17)19(20,22)23/h4-10H,3,11H2,1-2H3,(H,26,27). The van der Waals surface area contributed by atoms with Crippen molar-refractivity contribution < 1.29 is 26.8 Å². The number of aryl methyl sites for hydroxylation is 1. The van der Waals surface area contributed by atoms with Crippen LogP contribution in [0.15, 0.2) is 47.0 Å². The van der Waals surface area contributed by atoms with Crippen LogP contribution < -0.4 is 5.09 Å². The lowest BCUT2D eigenvalue weighted by molar-refractivity contribution is 0.0551. The Labute approximate surface area is 175 Å². The zero-order chi connectivity index (χ0) is 21.9. The number of alkyl halides is 3. The van der Waals surface area contributed by atoms with E-state index in [2.05, 4.69) is 19.8 Å². The molecule has 0 aliphatic carbocycles. The van der Waals surface area contributed by atoms with Crippen molar-refractivity contribution in [2.45, 2.75) is 25.4 Å². The van der Waals surface area contributed by atoms with Crippen molar-refractivity contribution in [1.29, 1.82) is 0 Å². The minimum atomic E-state index is -3.82. The van der Waals surface area contributed by atoms with Crippen LogP contribution in [-0.4, -0.2) is 16.7 Å². The molecule has 1 N–H and O–H groups in total. The molecule has 1 aromatic heterocycles. The minimum Gasteiger partial charge on any atom is -0.331 e. The minimum absolute atomic E-state index is 0.102. The lowest BCUT2D eigenvalue weighted by atomic mass is 10.1. The molecular formula is C19H18ClF3N3O3P. The number of aromatic nitrogens is 2. The smallest absolute Gasteiger partial charge is 0.331 e. The van der Waals surface area contributed by atoms with Gasteiger partial charge in [0.2, 0.25) is 5.82 Å². The second-order valence-electron chi connectivity index (χ2n) is 6.46. The fraction of sp³-hybridized carbons (Fsp3) is 0.263. The number of nitrogens with zero attached hydrogens (tertiary/aromatic N) is 2. The van der Waals surface area contributed by atoms with Gasteiger partial charge in [-0.2, -0.15) is 13.8 Å². The summed E-state index contributed by atoms with van der Waals surface area (Å²) in [5.74, 6) is -2.06. The summed E-state index contributed by atoms with van der Waals surface area (Å²) < 4.78 is 63.8. The molecule has 30 heavy (non-hydrogen) atoms. The van der Waals surface area contributed by atoms with Gasteiger partial charge in [-0.3, -0.25) is 4.57 Å². The normalized spacial score (nSPS) is 13.8. The predicted molar refractivity (Wildman–Crippen MR) is 107 cm³/mol. The fourth-order valence-corrected chi connectivity index (χ4v) is 4.70. The van der Waals surface area contributed by atoms with E-state index < -0.39 is 24.6 Å². The SMILES string of the molecule is CCOP(=O)(Cc1ccc(-c2noc(C(F)(F)Cl)n2)cc1F)Nc1cccc(C)c1. The molecule has 0 saturated carbocycles. The zero-order valence-electron chi connectivity index (χ0n) is 16.0. The van der Waals surface area contributed by atoms with Gasteiger partial charge in [-0.25, -0.2) is 4.39 Å². The summed E-state index contributed by atoms with van der Waals surface area (Å²) >= 11 is 4.84. The van der Waals surface area contributed by atoms with Crippen molar-refractivity contribution in [3.8, 4) is 11.4 Å². The molecule has 3 rings (SSSR count). The van der Waals surface area contributed by atoms with Gasteiger partial charge in [0, 0.05) is 11.3 Å². The average molecular weight is 460 g/mol. The van der Waals surface area contributed by atoms with Gasteiger partial charge >= 0.3 is 11.3 Å². The third-order valence-electron chi connectivity index (χ3n) is 4.01. The second-order valence-corrected chi connectivity index (χ2v) is 9.08. The summed E-state index contributed by atoms with van der Waals surface area (Å²) in [6.45, 7) is 3.73. The molecule has 11 heteroatoms. The highest BCUT2D eigenvalue weighted by Gasteiger charge is 2.36. The van der Waals surface area contributed by atoms with Crippen molar-refractivity contribution in [2.75, 3.05) is 11.7 Å². The number of anilines is 1. The first-order chi connectivity index (χ1) is 14.1. The van der Waals surface area contributed by atoms with Crippen LogP contribution >= 0.6 is 19.1 Å². The lowest BCUT2D eigenvalue weighted by Gasteiger charge is -2.20. The van der Waals surface area contributed by atoms with E-state index >= 15 is 0 Å². The zero-order valence-corrected chi connectivity index (χ0v) is 17.7. The first-order valence-corrected chi connectivity index (χ1v) is 11.1. The van der Waals surface area contributed by atoms with Crippen LogP contribution in [0.4, 0.5) is 18.9 Å². The van der Waals surface area contributed by atoms with Crippen molar-refractivity contribution in [2.24, 2.45) is 0 Å². The number of nitrogens with one attached hydrogen (secondary N) is 1. The topological polar surface area (TPSA) is 77.2 Å². The van der Waals surface area contributed by atoms with Gasteiger partial charge in [0.15, 0.2) is 0 Å². The Morgan fingerprint density at radius 1 is 1.27 bits per heavy atom. The molecule has 0 spiro atoms. The van der Waals surface area contributed by atoms with Gasteiger partial charge in [-0.1, -0.05) is 29.4 Å². The first kappa shape index (κ1) is 22.3. The summed E-state index contributed by atoms with van der Waals surface area (Å²) in [5.41, 5.74) is 1.76. The second kappa shape index (κ2) is 8.79. The first-order valence-electron chi connectivity index (χ1n) is 8.88. The molecule has 1 unspecified atom stereocenters. The van der Waals surface area contributed by atoms with E-state index in [-0.39, 0.29) is 29.7 Å². The van der Waals surface area contributed by atoms with Crippen LogP contribution in [0.5, 0.6) is 0 Å². The third-order valence-corrected chi connectivity index (χ3v) is 6.21. The monoisotopic (exact) mass is 459 g/mol. The van der Waals surface area contributed by atoms with Crippen molar-refractivity contribution in [1.82, 2.24) is 10.1 Å². The van der Waals surface area contributed by atoms with Gasteiger partial charge in [0.25, 0.3) is 7.52 Å². The molecule has 1 atom stereocenters. The van der Waals surface area contributed by atoms with Crippen molar-refractivity contribution in [3.63, 3.8) is 0 Å². The number of benzene rings is 2. The molecular weight excluding hydrogens is 442 g/mol. The molecule has 6 nitrogen and oxygen atoms in total. The Morgan fingerprint density at radius 3 is 2.63 bits per heavy atom. The Hall–Kier alpha value is -2.35. The highest BCUT2D eigenvalue weighted by atomic mass is 35.5. The Kier molecular flexibility index (Phi) is 6.55. The summed E-state index contributed by atoms with van der Waals surface area (Å²) in [6.07, 6.45) is -0.224. The third kappa shape index (κ3) is 5.41. The summed E-state index contributed by atoms with van der Waals surface area (Å²) in [4.78, 5) is 3.47. The number of halogens is 4. The van der Waals surface area contributed by atoms with E-state index in [1.165, 1.54) is 12.1 Å². The largest absolute Gasteiger partial charge is 0.400 e. The van der Waals surface area contributed by atoms with E-state index in [1.54, 1.807) is 25.1 Å². The predicted octanol–water partition coefficient (Wildman–Crippen LogP) is 6.31. The van der Waals surface area contributed by atoms with Crippen LogP contribution in [0.1, 0.15) is 23.9 Å². The fourth-order valence-electron chi connectivity index (χ4n) is 2.73.